The minimum absolute atomic E-state index is 0.0388. The maximum atomic E-state index is 13.4. The molecule has 1 atom stereocenters. The van der Waals surface area contributed by atoms with Crippen LogP contribution in [-0.4, -0.2) is 26.1 Å². The maximum absolute atomic E-state index is 13.4. The highest BCUT2D eigenvalue weighted by Gasteiger charge is 2.15. The number of rotatable bonds is 4. The van der Waals surface area contributed by atoms with Crippen molar-refractivity contribution >= 4 is 22.3 Å². The number of nitrogens with one attached hydrogen (secondary N) is 1. The molecule has 0 spiro atoms. The predicted octanol–water partition coefficient (Wildman–Crippen LogP) is 2.01. The molecule has 126 valence electrons. The third kappa shape index (κ3) is 2.77. The number of aryl methyl sites for hydroxylation is 1. The fourth-order valence-corrected chi connectivity index (χ4v) is 2.76. The van der Waals surface area contributed by atoms with Gasteiger partial charge in [-0.3, -0.25) is 14.0 Å². The second-order valence-electron chi connectivity index (χ2n) is 5.95. The number of hydrogen-bond donors (Lipinski definition) is 1. The van der Waals surface area contributed by atoms with Gasteiger partial charge in [-0.15, -0.1) is 0 Å². The number of hydrogen-bond acceptors (Lipinski definition) is 3. The van der Waals surface area contributed by atoms with Gasteiger partial charge in [-0.05, 0) is 44.5 Å². The second-order valence-corrected chi connectivity index (χ2v) is 5.95. The van der Waals surface area contributed by atoms with Gasteiger partial charge in [-0.1, -0.05) is 6.92 Å². The Kier molecular flexibility index (Phi) is 4.09. The Morgan fingerprint density at radius 1 is 1.33 bits per heavy atom. The zero-order valence-corrected chi connectivity index (χ0v) is 13.8. The Morgan fingerprint density at radius 3 is 2.79 bits per heavy atom. The van der Waals surface area contributed by atoms with Gasteiger partial charge in [0, 0.05) is 11.4 Å². The van der Waals surface area contributed by atoms with Gasteiger partial charge in [-0.2, -0.15) is 5.10 Å². The Labute approximate surface area is 137 Å². The molecule has 3 rings (SSSR count). The molecule has 6 nitrogen and oxygen atoms in total. The van der Waals surface area contributed by atoms with Crippen molar-refractivity contribution in [1.82, 2.24) is 19.5 Å². The Bertz CT molecular complexity index is 990. The van der Waals surface area contributed by atoms with Crippen LogP contribution in [0.5, 0.6) is 0 Å². The number of fused-ring (bicyclic) bond motifs is 3. The molecule has 2 heterocycles. The quantitative estimate of drug-likeness (QED) is 0.796. The number of benzene rings is 1. The molecule has 2 aromatic heterocycles. The molecule has 0 unspecified atom stereocenters. The summed E-state index contributed by atoms with van der Waals surface area (Å²) < 4.78 is 16.2. The molecular weight excluding hydrogens is 311 g/mol. The molecule has 7 heteroatoms. The second kappa shape index (κ2) is 6.07. The van der Waals surface area contributed by atoms with Gasteiger partial charge in [0.05, 0.1) is 5.52 Å². The monoisotopic (exact) mass is 330 g/mol. The normalized spacial score (nSPS) is 12.7. The summed E-state index contributed by atoms with van der Waals surface area (Å²) in [5.74, 6) is -0.0651. The average molecular weight is 330 g/mol. The lowest BCUT2D eigenvalue weighted by Gasteiger charge is -2.12. The number of nitrogens with zero attached hydrogens (tertiary/aromatic N) is 3. The summed E-state index contributed by atoms with van der Waals surface area (Å²) in [6, 6.07) is 6.00. The lowest BCUT2D eigenvalue weighted by atomic mass is 10.2. The van der Waals surface area contributed by atoms with E-state index in [1.165, 1.54) is 12.1 Å². The van der Waals surface area contributed by atoms with E-state index >= 15 is 0 Å². The largest absolute Gasteiger partial charge is 0.352 e. The molecular formula is C17H19FN4O2. The third-order valence-electron chi connectivity index (χ3n) is 4.12. The average Bonchev–Trinajstić information content (AvgIpc) is 2.91. The van der Waals surface area contributed by atoms with Gasteiger partial charge in [0.1, 0.15) is 23.7 Å². The molecule has 0 aliphatic carbocycles. The van der Waals surface area contributed by atoms with Crippen LogP contribution in [0.4, 0.5) is 4.39 Å². The summed E-state index contributed by atoms with van der Waals surface area (Å²) in [6.07, 6.45) is 0.807. The van der Waals surface area contributed by atoms with Crippen LogP contribution in [0.15, 0.2) is 29.1 Å². The standard InChI is InChI=1S/C17H19FN4O2/c1-4-10(2)19-16(23)9-21-17(24)15-8-12-7-13(18)5-6-14(12)22(15)11(3)20-21/h5-8,10H,4,9H2,1-3H3,(H,19,23)/t10-/m0/s1. The van der Waals surface area contributed by atoms with Gasteiger partial charge < -0.3 is 5.32 Å². The van der Waals surface area contributed by atoms with Gasteiger partial charge in [0.25, 0.3) is 5.56 Å². The van der Waals surface area contributed by atoms with Crippen molar-refractivity contribution < 1.29 is 9.18 Å². The summed E-state index contributed by atoms with van der Waals surface area (Å²) in [5, 5.41) is 7.67. The molecule has 3 aromatic rings. The predicted molar refractivity (Wildman–Crippen MR) is 89.5 cm³/mol. The van der Waals surface area contributed by atoms with Gasteiger partial charge in [0.15, 0.2) is 0 Å². The van der Waals surface area contributed by atoms with E-state index in [4.69, 9.17) is 0 Å². The van der Waals surface area contributed by atoms with E-state index in [-0.39, 0.29) is 29.9 Å². The van der Waals surface area contributed by atoms with E-state index in [9.17, 15) is 14.0 Å². The highest BCUT2D eigenvalue weighted by molar-refractivity contribution is 5.87. The van der Waals surface area contributed by atoms with Crippen molar-refractivity contribution in [2.75, 3.05) is 0 Å². The van der Waals surface area contributed by atoms with Crippen LogP contribution in [0, 0.1) is 12.7 Å². The van der Waals surface area contributed by atoms with Gasteiger partial charge in [0.2, 0.25) is 5.91 Å². The van der Waals surface area contributed by atoms with Crippen molar-refractivity contribution in [3.63, 3.8) is 0 Å². The SMILES string of the molecule is CC[C@H](C)NC(=O)Cn1nc(C)n2c(cc3cc(F)ccc32)c1=O. The third-order valence-corrected chi connectivity index (χ3v) is 4.12. The van der Waals surface area contributed by atoms with Crippen LogP contribution in [0.2, 0.25) is 0 Å². The first-order chi connectivity index (χ1) is 11.4. The number of carbonyl (C=O) groups excluding carboxylic acids is 1. The maximum Gasteiger partial charge on any atom is 0.291 e. The first kappa shape index (κ1) is 16.2. The lowest BCUT2D eigenvalue weighted by molar-refractivity contribution is -0.122. The summed E-state index contributed by atoms with van der Waals surface area (Å²) in [6.45, 7) is 5.47. The number of halogens is 1. The lowest BCUT2D eigenvalue weighted by Crippen LogP contribution is -2.38. The molecule has 24 heavy (non-hydrogen) atoms. The molecule has 0 bridgehead atoms. The van der Waals surface area contributed by atoms with Crippen molar-refractivity contribution in [1.29, 1.82) is 0 Å². The molecule has 0 saturated carbocycles. The van der Waals surface area contributed by atoms with Crippen LogP contribution in [0.1, 0.15) is 26.1 Å². The topological polar surface area (TPSA) is 68.4 Å². The van der Waals surface area contributed by atoms with E-state index in [0.717, 1.165) is 11.1 Å². The first-order valence-electron chi connectivity index (χ1n) is 7.88. The van der Waals surface area contributed by atoms with Crippen LogP contribution >= 0.6 is 0 Å². The molecule has 0 aliphatic heterocycles. The smallest absolute Gasteiger partial charge is 0.291 e. The van der Waals surface area contributed by atoms with Crippen molar-refractivity contribution in [2.45, 2.75) is 39.8 Å². The van der Waals surface area contributed by atoms with E-state index in [1.807, 2.05) is 13.8 Å². The fourth-order valence-electron chi connectivity index (χ4n) is 2.76. The minimum Gasteiger partial charge on any atom is -0.352 e. The van der Waals surface area contributed by atoms with Crippen LogP contribution in [0.3, 0.4) is 0 Å². The van der Waals surface area contributed by atoms with Gasteiger partial charge >= 0.3 is 0 Å². The molecule has 0 saturated heterocycles. The van der Waals surface area contributed by atoms with E-state index in [1.54, 1.807) is 23.5 Å². The summed E-state index contributed by atoms with van der Waals surface area (Å²) in [7, 11) is 0. The molecule has 0 fully saturated rings. The zero-order valence-electron chi connectivity index (χ0n) is 13.8. The summed E-state index contributed by atoms with van der Waals surface area (Å²) in [5.41, 5.74) is 0.709. The Balaban J connectivity index is 2.08. The first-order valence-corrected chi connectivity index (χ1v) is 7.88. The molecule has 0 radical (unpaired) electrons. The van der Waals surface area contributed by atoms with Crippen molar-refractivity contribution in [3.05, 3.63) is 46.3 Å². The van der Waals surface area contributed by atoms with Crippen LogP contribution in [-0.2, 0) is 11.3 Å². The number of aromatic nitrogens is 3. The van der Waals surface area contributed by atoms with E-state index < -0.39 is 0 Å². The molecule has 0 aliphatic rings. The molecule has 1 N–H and O–H groups in total. The van der Waals surface area contributed by atoms with Crippen molar-refractivity contribution in [3.8, 4) is 0 Å². The Morgan fingerprint density at radius 2 is 2.08 bits per heavy atom. The fraction of sp³-hybridized carbons (Fsp3) is 0.353. The number of amides is 1. The van der Waals surface area contributed by atoms with Crippen LogP contribution in [0.25, 0.3) is 16.4 Å². The molecule has 1 aromatic carbocycles. The van der Waals surface area contributed by atoms with E-state index in [0.29, 0.717) is 22.2 Å². The highest BCUT2D eigenvalue weighted by atomic mass is 19.1. The van der Waals surface area contributed by atoms with Crippen LogP contribution < -0.4 is 10.9 Å². The van der Waals surface area contributed by atoms with Crippen molar-refractivity contribution in [2.24, 2.45) is 0 Å². The summed E-state index contributed by atoms with van der Waals surface area (Å²) in [4.78, 5) is 24.7. The van der Waals surface area contributed by atoms with Gasteiger partial charge in [-0.25, -0.2) is 9.07 Å². The summed E-state index contributed by atoms with van der Waals surface area (Å²) >= 11 is 0. The Hall–Kier alpha value is -2.70. The van der Waals surface area contributed by atoms with E-state index in [2.05, 4.69) is 10.4 Å². The number of carbonyl (C=O) groups is 1. The minimum atomic E-state index is -0.378. The highest BCUT2D eigenvalue weighted by Crippen LogP contribution is 2.20. The zero-order chi connectivity index (χ0) is 17.4. The molecule has 1 amide bonds.